The third-order valence-corrected chi connectivity index (χ3v) is 3.65. The maximum atomic E-state index is 5.34. The molecule has 0 fully saturated rings. The van der Waals surface area contributed by atoms with Gasteiger partial charge in [-0.3, -0.25) is 0 Å². The summed E-state index contributed by atoms with van der Waals surface area (Å²) in [4.78, 5) is 2.20. The molecule has 0 amide bonds. The molecular weight excluding hydrogens is 236 g/mol. The van der Waals surface area contributed by atoms with Crippen LogP contribution in [0.3, 0.4) is 0 Å². The van der Waals surface area contributed by atoms with E-state index in [1.54, 1.807) is 0 Å². The SMILES string of the molecule is CNCCN(C)c1c(C(C)(C)C)c(=S)c1=S. The highest BCUT2D eigenvalue weighted by Crippen LogP contribution is 2.38. The Morgan fingerprint density at radius 1 is 1.19 bits per heavy atom. The molecule has 90 valence electrons. The average Bonchev–Trinajstić information content (AvgIpc) is 2.18. The van der Waals surface area contributed by atoms with Crippen molar-refractivity contribution in [1.82, 2.24) is 5.32 Å². The van der Waals surface area contributed by atoms with Crippen molar-refractivity contribution in [2.75, 3.05) is 32.1 Å². The fraction of sp³-hybridized carbons (Fsp3) is 0.667. The van der Waals surface area contributed by atoms with Gasteiger partial charge < -0.3 is 10.2 Å². The maximum Gasteiger partial charge on any atom is 0.0798 e. The minimum Gasteiger partial charge on any atom is -0.372 e. The lowest BCUT2D eigenvalue weighted by Gasteiger charge is -2.32. The number of anilines is 1. The quantitative estimate of drug-likeness (QED) is 0.833. The number of nitrogens with zero attached hydrogens (tertiary/aromatic N) is 1. The Morgan fingerprint density at radius 3 is 2.19 bits per heavy atom. The molecule has 0 heterocycles. The molecule has 0 radical (unpaired) electrons. The van der Waals surface area contributed by atoms with Crippen molar-refractivity contribution >= 4 is 30.1 Å². The molecule has 0 bridgehead atoms. The molecule has 1 aromatic rings. The minimum absolute atomic E-state index is 0.0859. The summed E-state index contributed by atoms with van der Waals surface area (Å²) < 4.78 is 1.74. The van der Waals surface area contributed by atoms with Crippen molar-refractivity contribution in [1.29, 1.82) is 0 Å². The molecule has 4 heteroatoms. The zero-order chi connectivity index (χ0) is 12.5. The Morgan fingerprint density at radius 2 is 1.75 bits per heavy atom. The van der Waals surface area contributed by atoms with Gasteiger partial charge in [0.25, 0.3) is 0 Å². The van der Waals surface area contributed by atoms with E-state index in [4.69, 9.17) is 24.4 Å². The van der Waals surface area contributed by atoms with E-state index in [9.17, 15) is 0 Å². The summed E-state index contributed by atoms with van der Waals surface area (Å²) in [6, 6.07) is 0. The highest BCUT2D eigenvalue weighted by Gasteiger charge is 2.27. The van der Waals surface area contributed by atoms with Crippen LogP contribution in [0, 0.1) is 9.02 Å². The number of rotatable bonds is 4. The van der Waals surface area contributed by atoms with Crippen molar-refractivity contribution in [3.8, 4) is 0 Å². The van der Waals surface area contributed by atoms with E-state index in [0.717, 1.165) is 22.1 Å². The second-order valence-electron chi connectivity index (χ2n) is 5.16. The molecule has 1 aromatic carbocycles. The molecule has 0 saturated carbocycles. The molecule has 2 nitrogen and oxygen atoms in total. The maximum absolute atomic E-state index is 5.34. The van der Waals surface area contributed by atoms with Gasteiger partial charge in [0.15, 0.2) is 0 Å². The lowest BCUT2D eigenvalue weighted by molar-refractivity contribution is 0.580. The number of likely N-dealkylation sites (N-methyl/N-ethyl adjacent to an activating group) is 2. The predicted octanol–water partition coefficient (Wildman–Crippen LogP) is 2.97. The second kappa shape index (κ2) is 4.90. The van der Waals surface area contributed by atoms with Gasteiger partial charge in [0.2, 0.25) is 0 Å². The fourth-order valence-electron chi connectivity index (χ4n) is 1.83. The molecule has 0 aliphatic rings. The monoisotopic (exact) mass is 256 g/mol. The molecule has 0 aromatic heterocycles. The van der Waals surface area contributed by atoms with Crippen molar-refractivity contribution in [3.05, 3.63) is 14.6 Å². The van der Waals surface area contributed by atoms with Crippen LogP contribution in [0.25, 0.3) is 0 Å². The summed E-state index contributed by atoms with van der Waals surface area (Å²) >= 11 is 10.7. The Balaban J connectivity index is 3.02. The third-order valence-electron chi connectivity index (χ3n) is 2.71. The van der Waals surface area contributed by atoms with Crippen molar-refractivity contribution in [2.45, 2.75) is 26.2 Å². The van der Waals surface area contributed by atoms with E-state index in [-0.39, 0.29) is 5.41 Å². The summed E-state index contributed by atoms with van der Waals surface area (Å²) in [6.45, 7) is 8.45. The van der Waals surface area contributed by atoms with E-state index >= 15 is 0 Å². The van der Waals surface area contributed by atoms with Crippen LogP contribution in [0.15, 0.2) is 0 Å². The van der Waals surface area contributed by atoms with Gasteiger partial charge in [-0.1, -0.05) is 45.2 Å². The Hall–Kier alpha value is -0.320. The van der Waals surface area contributed by atoms with E-state index in [0.29, 0.717) is 0 Å². The van der Waals surface area contributed by atoms with Gasteiger partial charge in [0.1, 0.15) is 0 Å². The van der Waals surface area contributed by atoms with E-state index in [1.807, 2.05) is 7.05 Å². The zero-order valence-electron chi connectivity index (χ0n) is 10.7. The van der Waals surface area contributed by atoms with Gasteiger partial charge in [-0.2, -0.15) is 0 Å². The largest absolute Gasteiger partial charge is 0.372 e. The summed E-state index contributed by atoms with van der Waals surface area (Å²) in [7, 11) is 4.03. The van der Waals surface area contributed by atoms with Crippen molar-refractivity contribution in [3.63, 3.8) is 0 Å². The molecule has 0 unspecified atom stereocenters. The van der Waals surface area contributed by atoms with Gasteiger partial charge in [-0.15, -0.1) is 0 Å². The van der Waals surface area contributed by atoms with E-state index < -0.39 is 0 Å². The van der Waals surface area contributed by atoms with Crippen LogP contribution in [-0.4, -0.2) is 27.2 Å². The van der Waals surface area contributed by atoms with Gasteiger partial charge in [-0.25, -0.2) is 0 Å². The summed E-state index contributed by atoms with van der Waals surface area (Å²) in [5, 5.41) is 3.14. The smallest absolute Gasteiger partial charge is 0.0798 e. The average molecular weight is 256 g/mol. The predicted molar refractivity (Wildman–Crippen MR) is 76.4 cm³/mol. The molecule has 0 aliphatic carbocycles. The normalized spacial score (nSPS) is 12.1. The van der Waals surface area contributed by atoms with Crippen LogP contribution < -0.4 is 10.2 Å². The standard InChI is InChI=1S/C12H20N2S2/c1-12(2,3)8-9(11(16)10(8)15)14(5)7-6-13-4/h13H,6-7H2,1-5H3. The Bertz CT molecular complexity index is 436. The molecular formula is C12H20N2S2. The van der Waals surface area contributed by atoms with Crippen LogP contribution >= 0.6 is 24.4 Å². The Labute approximate surface area is 108 Å². The van der Waals surface area contributed by atoms with Crippen LogP contribution in [0.2, 0.25) is 0 Å². The highest BCUT2D eigenvalue weighted by atomic mass is 32.1. The molecule has 0 aliphatic heterocycles. The molecule has 1 N–H and O–H groups in total. The lowest BCUT2D eigenvalue weighted by atomic mass is 9.83. The first-order valence-electron chi connectivity index (χ1n) is 5.50. The minimum atomic E-state index is 0.0859. The Kier molecular flexibility index (Phi) is 4.21. The van der Waals surface area contributed by atoms with Crippen LogP contribution in [0.4, 0.5) is 5.69 Å². The molecule has 0 spiro atoms. The summed E-state index contributed by atoms with van der Waals surface area (Å²) in [5.41, 5.74) is 2.50. The van der Waals surface area contributed by atoms with Gasteiger partial charge >= 0.3 is 0 Å². The zero-order valence-corrected chi connectivity index (χ0v) is 12.3. The van der Waals surface area contributed by atoms with Gasteiger partial charge in [0, 0.05) is 25.7 Å². The molecule has 16 heavy (non-hydrogen) atoms. The van der Waals surface area contributed by atoms with Crippen molar-refractivity contribution in [2.24, 2.45) is 0 Å². The third kappa shape index (κ3) is 2.50. The second-order valence-corrected chi connectivity index (χ2v) is 5.97. The van der Waals surface area contributed by atoms with Crippen LogP contribution in [0.5, 0.6) is 0 Å². The first kappa shape index (κ1) is 13.7. The molecule has 0 saturated heterocycles. The molecule has 0 atom stereocenters. The highest BCUT2D eigenvalue weighted by molar-refractivity contribution is 7.74. The van der Waals surface area contributed by atoms with Gasteiger partial charge in [0.05, 0.1) is 14.7 Å². The number of hydrogen-bond acceptors (Lipinski definition) is 4. The van der Waals surface area contributed by atoms with Crippen LogP contribution in [0.1, 0.15) is 26.3 Å². The summed E-state index contributed by atoms with van der Waals surface area (Å²) in [5.74, 6) is 0. The number of hydrogen-bond donors (Lipinski definition) is 1. The molecule has 1 rings (SSSR count). The van der Waals surface area contributed by atoms with Crippen LogP contribution in [-0.2, 0) is 5.41 Å². The number of nitrogens with one attached hydrogen (secondary N) is 1. The topological polar surface area (TPSA) is 15.3 Å². The van der Waals surface area contributed by atoms with E-state index in [1.165, 1.54) is 11.3 Å². The summed E-state index contributed by atoms with van der Waals surface area (Å²) in [6.07, 6.45) is 0. The van der Waals surface area contributed by atoms with Gasteiger partial charge in [-0.05, 0) is 12.5 Å². The van der Waals surface area contributed by atoms with Crippen molar-refractivity contribution < 1.29 is 0 Å². The fourth-order valence-corrected chi connectivity index (χ4v) is 2.69. The first-order chi connectivity index (χ1) is 7.30. The van der Waals surface area contributed by atoms with E-state index in [2.05, 4.69) is 38.0 Å². The lowest BCUT2D eigenvalue weighted by Crippen LogP contribution is -2.31. The first-order valence-corrected chi connectivity index (χ1v) is 6.32.